The van der Waals surface area contributed by atoms with Crippen molar-refractivity contribution >= 4 is 52.2 Å². The van der Waals surface area contributed by atoms with Crippen molar-refractivity contribution in [2.24, 2.45) is 11.8 Å². The highest BCUT2D eigenvalue weighted by molar-refractivity contribution is 6.25. The van der Waals surface area contributed by atoms with Crippen LogP contribution in [0.3, 0.4) is 0 Å². The van der Waals surface area contributed by atoms with Gasteiger partial charge >= 0.3 is 0 Å². The first kappa shape index (κ1) is 33.2. The Morgan fingerprint density at radius 3 is 2.43 bits per heavy atom. The van der Waals surface area contributed by atoms with E-state index in [-0.39, 0.29) is 36.7 Å². The number of rotatable bonds is 9. The van der Waals surface area contributed by atoms with Gasteiger partial charge in [0.2, 0.25) is 17.7 Å². The number of amides is 5. The van der Waals surface area contributed by atoms with Crippen LogP contribution in [-0.4, -0.2) is 110 Å². The molecule has 5 aliphatic rings. The molecule has 2 aromatic heterocycles. The van der Waals surface area contributed by atoms with Crippen molar-refractivity contribution in [3.05, 3.63) is 42.0 Å². The van der Waals surface area contributed by atoms with E-state index < -0.39 is 23.8 Å². The van der Waals surface area contributed by atoms with Crippen LogP contribution in [-0.2, 0) is 14.4 Å². The summed E-state index contributed by atoms with van der Waals surface area (Å²) in [6.07, 6.45) is 9.64. The highest BCUT2D eigenvalue weighted by Gasteiger charge is 2.46. The second kappa shape index (κ2) is 13.7. The van der Waals surface area contributed by atoms with Gasteiger partial charge in [-0.25, -0.2) is 15.0 Å². The fourth-order valence-electron chi connectivity index (χ4n) is 8.57. The summed E-state index contributed by atoms with van der Waals surface area (Å²) in [4.78, 5) is 81.9. The molecule has 5 amide bonds. The maximum atomic E-state index is 13.6. The standard InChI is InChI=1S/C36H44N10O5/c1-21(47)41-24-15-25(16-24)45-20-40-31-32(38-19-39-33(31)45)37-17-22-7-11-43(12-8-22)18-23-9-13-44(14-10-23)27-4-2-3-26-30(27)36(51)46(35(26)50)28-5-6-29(48)42-34(28)49/h2-4,19-20,22-25,28H,5-18H2,1H3,(H,41,47)(H,37,38,39)(H,42,48,49)/t24?,25?,28-/m0/s1. The SMILES string of the molecule is CC(=O)NC1CC(n2cnc3c(NCC4CCN(CC5CCN(c6cccc7c6C(=O)N([C@H]6CCC(=O)NC6=O)C7=O)CC5)CC4)ncnc32)C1. The average molecular weight is 697 g/mol. The first-order valence-corrected chi connectivity index (χ1v) is 18.2. The molecule has 1 aliphatic carbocycles. The molecular formula is C36H44N10O5. The predicted octanol–water partition coefficient (Wildman–Crippen LogP) is 2.11. The Hall–Kier alpha value is -4.92. The van der Waals surface area contributed by atoms with E-state index in [1.807, 2.05) is 12.4 Å². The number of nitrogens with one attached hydrogen (secondary N) is 3. The zero-order valence-electron chi connectivity index (χ0n) is 28.8. The Balaban J connectivity index is 0.806. The summed E-state index contributed by atoms with van der Waals surface area (Å²) in [5.74, 6) is -0.0310. The zero-order chi connectivity index (χ0) is 35.2. The molecule has 0 unspecified atom stereocenters. The summed E-state index contributed by atoms with van der Waals surface area (Å²) in [7, 11) is 0. The number of carbonyl (C=O) groups is 5. The molecule has 3 aromatic rings. The van der Waals surface area contributed by atoms with Gasteiger partial charge in [0.1, 0.15) is 17.9 Å². The van der Waals surface area contributed by atoms with Crippen LogP contribution in [0.1, 0.15) is 85.0 Å². The number of hydrogen-bond donors (Lipinski definition) is 3. The molecule has 0 radical (unpaired) electrons. The number of hydrogen-bond acceptors (Lipinski definition) is 11. The van der Waals surface area contributed by atoms with Crippen LogP contribution in [0.25, 0.3) is 11.2 Å². The molecule has 3 saturated heterocycles. The molecular weight excluding hydrogens is 652 g/mol. The minimum absolute atomic E-state index is 0.00411. The molecule has 15 nitrogen and oxygen atoms in total. The van der Waals surface area contributed by atoms with E-state index in [1.54, 1.807) is 25.4 Å². The van der Waals surface area contributed by atoms with E-state index >= 15 is 0 Å². The number of likely N-dealkylation sites (tertiary alicyclic amines) is 1. The molecule has 8 rings (SSSR count). The molecule has 1 atom stereocenters. The molecule has 51 heavy (non-hydrogen) atoms. The number of piperidine rings is 3. The summed E-state index contributed by atoms with van der Waals surface area (Å²) >= 11 is 0. The van der Waals surface area contributed by atoms with Gasteiger partial charge < -0.3 is 25.0 Å². The van der Waals surface area contributed by atoms with E-state index in [9.17, 15) is 24.0 Å². The van der Waals surface area contributed by atoms with E-state index in [4.69, 9.17) is 0 Å². The normalized spacial score (nSPS) is 24.8. The maximum Gasteiger partial charge on any atom is 0.264 e. The summed E-state index contributed by atoms with van der Waals surface area (Å²) in [5.41, 5.74) is 3.05. The van der Waals surface area contributed by atoms with Crippen LogP contribution in [0.5, 0.6) is 0 Å². The number of benzene rings is 1. The number of nitrogens with zero attached hydrogens (tertiary/aromatic N) is 7. The summed E-state index contributed by atoms with van der Waals surface area (Å²) in [6, 6.07) is 4.87. The van der Waals surface area contributed by atoms with Crippen molar-refractivity contribution in [3.8, 4) is 0 Å². The molecule has 3 N–H and O–H groups in total. The van der Waals surface area contributed by atoms with Crippen LogP contribution in [0, 0.1) is 11.8 Å². The van der Waals surface area contributed by atoms with E-state index in [0.29, 0.717) is 23.0 Å². The van der Waals surface area contributed by atoms with Crippen LogP contribution >= 0.6 is 0 Å². The predicted molar refractivity (Wildman–Crippen MR) is 187 cm³/mol. The monoisotopic (exact) mass is 696 g/mol. The summed E-state index contributed by atoms with van der Waals surface area (Å²) in [5, 5.41) is 8.80. The third kappa shape index (κ3) is 6.43. The number of fused-ring (bicyclic) bond motifs is 2. The Bertz CT molecular complexity index is 1870. The highest BCUT2D eigenvalue weighted by atomic mass is 16.2. The molecule has 1 saturated carbocycles. The molecule has 15 heteroatoms. The van der Waals surface area contributed by atoms with Crippen molar-refractivity contribution in [1.29, 1.82) is 0 Å². The van der Waals surface area contributed by atoms with Gasteiger partial charge in [0.05, 0.1) is 23.1 Å². The first-order chi connectivity index (χ1) is 24.7. The van der Waals surface area contributed by atoms with Crippen LogP contribution in [0.15, 0.2) is 30.9 Å². The largest absolute Gasteiger partial charge is 0.371 e. The highest BCUT2D eigenvalue weighted by Crippen LogP contribution is 2.37. The first-order valence-electron chi connectivity index (χ1n) is 18.2. The Morgan fingerprint density at radius 1 is 0.922 bits per heavy atom. The average Bonchev–Trinajstić information content (AvgIpc) is 3.64. The lowest BCUT2D eigenvalue weighted by molar-refractivity contribution is -0.136. The van der Waals surface area contributed by atoms with Gasteiger partial charge in [-0.2, -0.15) is 0 Å². The lowest BCUT2D eigenvalue weighted by atomic mass is 9.86. The molecule has 4 aliphatic heterocycles. The van der Waals surface area contributed by atoms with Gasteiger partial charge in [-0.3, -0.25) is 34.2 Å². The lowest BCUT2D eigenvalue weighted by Gasteiger charge is -2.38. The smallest absolute Gasteiger partial charge is 0.264 e. The van der Waals surface area contributed by atoms with Crippen molar-refractivity contribution in [2.45, 2.75) is 76.4 Å². The lowest BCUT2D eigenvalue weighted by Crippen LogP contribution is -2.54. The molecule has 1 aromatic carbocycles. The van der Waals surface area contributed by atoms with Crippen LogP contribution in [0.4, 0.5) is 11.5 Å². The topological polar surface area (TPSA) is 175 Å². The molecule has 4 fully saturated rings. The fraction of sp³-hybridized carbons (Fsp3) is 0.556. The zero-order valence-corrected chi connectivity index (χ0v) is 28.8. The van der Waals surface area contributed by atoms with Gasteiger partial charge in [0, 0.05) is 51.6 Å². The van der Waals surface area contributed by atoms with E-state index in [2.05, 4.69) is 45.3 Å². The fourth-order valence-corrected chi connectivity index (χ4v) is 8.57. The van der Waals surface area contributed by atoms with Gasteiger partial charge in [-0.05, 0) is 82.0 Å². The van der Waals surface area contributed by atoms with Gasteiger partial charge in [0.15, 0.2) is 11.5 Å². The van der Waals surface area contributed by atoms with Crippen molar-refractivity contribution in [1.82, 2.24) is 40.0 Å². The minimum Gasteiger partial charge on any atom is -0.371 e. The summed E-state index contributed by atoms with van der Waals surface area (Å²) < 4.78 is 2.11. The minimum atomic E-state index is -0.967. The number of imide groups is 2. The molecule has 0 spiro atoms. The summed E-state index contributed by atoms with van der Waals surface area (Å²) in [6.45, 7) is 7.13. The van der Waals surface area contributed by atoms with Crippen LogP contribution in [0.2, 0.25) is 0 Å². The molecule has 268 valence electrons. The van der Waals surface area contributed by atoms with E-state index in [1.165, 1.54) is 0 Å². The Morgan fingerprint density at radius 2 is 1.69 bits per heavy atom. The second-order valence-corrected chi connectivity index (χ2v) is 14.8. The maximum absolute atomic E-state index is 13.6. The number of aromatic nitrogens is 4. The van der Waals surface area contributed by atoms with Crippen LogP contribution < -0.4 is 20.9 Å². The number of anilines is 2. The van der Waals surface area contributed by atoms with E-state index in [0.717, 1.165) is 105 Å². The second-order valence-electron chi connectivity index (χ2n) is 14.8. The number of imidazole rings is 1. The van der Waals surface area contributed by atoms with Gasteiger partial charge in [0.25, 0.3) is 11.8 Å². The van der Waals surface area contributed by atoms with Gasteiger partial charge in [-0.1, -0.05) is 6.07 Å². The number of carbonyl (C=O) groups excluding carboxylic acids is 5. The third-order valence-corrected chi connectivity index (χ3v) is 11.5. The van der Waals surface area contributed by atoms with Crippen molar-refractivity contribution in [3.63, 3.8) is 0 Å². The van der Waals surface area contributed by atoms with Gasteiger partial charge in [-0.15, -0.1) is 0 Å². The quantitative estimate of drug-likeness (QED) is 0.280. The third-order valence-electron chi connectivity index (χ3n) is 11.5. The van der Waals surface area contributed by atoms with Crippen molar-refractivity contribution < 1.29 is 24.0 Å². The Labute approximate surface area is 295 Å². The molecule has 6 heterocycles. The Kier molecular flexibility index (Phi) is 8.90. The van der Waals surface area contributed by atoms with Crippen molar-refractivity contribution in [2.75, 3.05) is 49.5 Å². The molecule has 0 bridgehead atoms.